The summed E-state index contributed by atoms with van der Waals surface area (Å²) >= 11 is 1.64. The molecule has 1 aliphatic rings. The second-order valence-electron chi connectivity index (χ2n) is 9.40. The van der Waals surface area contributed by atoms with E-state index in [1.165, 1.54) is 4.88 Å². The Labute approximate surface area is 189 Å². The zero-order valence-corrected chi connectivity index (χ0v) is 20.2. The molecule has 2 amide bonds. The Morgan fingerprint density at radius 2 is 2.03 bits per heavy atom. The summed E-state index contributed by atoms with van der Waals surface area (Å²) in [6.45, 7) is 11.3. The predicted octanol–water partition coefficient (Wildman–Crippen LogP) is 3.67. The van der Waals surface area contributed by atoms with Gasteiger partial charge >= 0.3 is 0 Å². The highest BCUT2D eigenvalue weighted by atomic mass is 32.1. The number of nitrogens with one attached hydrogen (secondary N) is 2. The van der Waals surface area contributed by atoms with E-state index in [1.54, 1.807) is 23.3 Å². The molecule has 0 aliphatic carbocycles. The van der Waals surface area contributed by atoms with Crippen LogP contribution >= 0.6 is 11.3 Å². The van der Waals surface area contributed by atoms with Crippen LogP contribution in [0, 0.1) is 19.3 Å². The summed E-state index contributed by atoms with van der Waals surface area (Å²) in [5.41, 5.74) is 6.05. The number of likely N-dealkylation sites (tertiary alicyclic amines) is 1. The van der Waals surface area contributed by atoms with Gasteiger partial charge in [-0.05, 0) is 55.8 Å². The Balaban J connectivity index is 1.66. The van der Waals surface area contributed by atoms with Crippen molar-refractivity contribution in [2.45, 2.75) is 66.1 Å². The molecule has 0 bridgehead atoms. The fraction of sp³-hybridized carbons (Fsp3) is 0.542. The molecule has 2 heterocycles. The van der Waals surface area contributed by atoms with Crippen molar-refractivity contribution in [3.05, 3.63) is 40.5 Å². The number of nitrogens with zero attached hydrogens (tertiary/aromatic N) is 2. The molecule has 2 N–H and O–H groups in total. The van der Waals surface area contributed by atoms with Crippen molar-refractivity contribution in [1.82, 2.24) is 20.5 Å². The topological polar surface area (TPSA) is 74.3 Å². The van der Waals surface area contributed by atoms with Crippen LogP contribution in [0.5, 0.6) is 0 Å². The first kappa shape index (κ1) is 23.4. The van der Waals surface area contributed by atoms with Crippen LogP contribution in [0.3, 0.4) is 0 Å². The average molecular weight is 443 g/mol. The molecule has 2 unspecified atom stereocenters. The Hall–Kier alpha value is -2.25. The number of hydrogen-bond acceptors (Lipinski definition) is 5. The summed E-state index contributed by atoms with van der Waals surface area (Å²) in [7, 11) is 1.80. The van der Waals surface area contributed by atoms with Crippen molar-refractivity contribution in [1.29, 1.82) is 0 Å². The SMILES string of the molecule is CNC(C(=O)N1CCCC1C(=O)NCc1ccc(-c2scnc2C)cc1C)C(C)(C)C. The molecule has 1 aromatic carbocycles. The average Bonchev–Trinajstić information content (AvgIpc) is 3.35. The van der Waals surface area contributed by atoms with Crippen molar-refractivity contribution in [3.8, 4) is 10.4 Å². The third-order valence-electron chi connectivity index (χ3n) is 6.04. The molecule has 2 aromatic rings. The number of hydrogen-bond donors (Lipinski definition) is 2. The van der Waals surface area contributed by atoms with Gasteiger partial charge in [0.1, 0.15) is 6.04 Å². The smallest absolute Gasteiger partial charge is 0.243 e. The lowest BCUT2D eigenvalue weighted by molar-refractivity contribution is -0.142. The van der Waals surface area contributed by atoms with Gasteiger partial charge in [-0.1, -0.05) is 39.0 Å². The molecular formula is C24H34N4O2S. The van der Waals surface area contributed by atoms with Gasteiger partial charge in [0.15, 0.2) is 0 Å². The molecule has 168 valence electrons. The summed E-state index contributed by atoms with van der Waals surface area (Å²) in [5.74, 6) is -0.0653. The molecule has 0 radical (unpaired) electrons. The summed E-state index contributed by atoms with van der Waals surface area (Å²) in [5, 5.41) is 6.20. The lowest BCUT2D eigenvalue weighted by Crippen LogP contribution is -2.55. The lowest BCUT2D eigenvalue weighted by atomic mass is 9.86. The maximum atomic E-state index is 13.1. The fourth-order valence-electron chi connectivity index (χ4n) is 4.31. The Morgan fingerprint density at radius 1 is 1.29 bits per heavy atom. The maximum Gasteiger partial charge on any atom is 0.243 e. The first-order chi connectivity index (χ1) is 14.6. The van der Waals surface area contributed by atoms with Crippen LogP contribution in [0.25, 0.3) is 10.4 Å². The monoisotopic (exact) mass is 442 g/mol. The van der Waals surface area contributed by atoms with Gasteiger partial charge in [0.25, 0.3) is 0 Å². The van der Waals surface area contributed by atoms with Crippen LogP contribution < -0.4 is 10.6 Å². The molecule has 1 aliphatic heterocycles. The van der Waals surface area contributed by atoms with Gasteiger partial charge < -0.3 is 15.5 Å². The molecule has 1 aromatic heterocycles. The van der Waals surface area contributed by atoms with Crippen molar-refractivity contribution in [3.63, 3.8) is 0 Å². The van der Waals surface area contributed by atoms with E-state index in [2.05, 4.69) is 40.7 Å². The number of amides is 2. The van der Waals surface area contributed by atoms with Crippen molar-refractivity contribution in [2.75, 3.05) is 13.6 Å². The molecule has 7 heteroatoms. The van der Waals surface area contributed by atoms with E-state index in [0.29, 0.717) is 19.5 Å². The van der Waals surface area contributed by atoms with Gasteiger partial charge in [0, 0.05) is 13.1 Å². The predicted molar refractivity (Wildman–Crippen MR) is 126 cm³/mol. The molecule has 3 rings (SSSR count). The molecule has 31 heavy (non-hydrogen) atoms. The van der Waals surface area contributed by atoms with Crippen molar-refractivity contribution in [2.24, 2.45) is 5.41 Å². The maximum absolute atomic E-state index is 13.1. The molecule has 0 spiro atoms. The molecule has 1 saturated heterocycles. The van der Waals surface area contributed by atoms with Gasteiger partial charge in [-0.2, -0.15) is 0 Å². The summed E-state index contributed by atoms with van der Waals surface area (Å²) < 4.78 is 0. The van der Waals surface area contributed by atoms with Crippen molar-refractivity contribution < 1.29 is 9.59 Å². The zero-order chi connectivity index (χ0) is 22.8. The van der Waals surface area contributed by atoms with Crippen LogP contribution in [-0.2, 0) is 16.1 Å². The summed E-state index contributed by atoms with van der Waals surface area (Å²) in [6, 6.07) is 5.59. The number of carbonyl (C=O) groups is 2. The van der Waals surface area contributed by atoms with E-state index < -0.39 is 6.04 Å². The van der Waals surface area contributed by atoms with Crippen LogP contribution in [-0.4, -0.2) is 47.4 Å². The second-order valence-corrected chi connectivity index (χ2v) is 10.3. The number of benzene rings is 1. The molecule has 1 fully saturated rings. The van der Waals surface area contributed by atoms with E-state index in [1.807, 2.05) is 33.2 Å². The van der Waals surface area contributed by atoms with E-state index in [-0.39, 0.29) is 23.3 Å². The van der Waals surface area contributed by atoms with Gasteiger partial charge in [-0.3, -0.25) is 9.59 Å². The highest BCUT2D eigenvalue weighted by Crippen LogP contribution is 2.29. The highest BCUT2D eigenvalue weighted by molar-refractivity contribution is 7.13. The Kier molecular flexibility index (Phi) is 7.17. The molecule has 6 nitrogen and oxygen atoms in total. The first-order valence-electron chi connectivity index (χ1n) is 10.9. The lowest BCUT2D eigenvalue weighted by Gasteiger charge is -2.34. The summed E-state index contributed by atoms with van der Waals surface area (Å²) in [4.78, 5) is 33.4. The molecular weight excluding hydrogens is 408 g/mol. The highest BCUT2D eigenvalue weighted by Gasteiger charge is 2.40. The van der Waals surface area contributed by atoms with Crippen LogP contribution in [0.1, 0.15) is 50.4 Å². The van der Waals surface area contributed by atoms with E-state index >= 15 is 0 Å². The number of aromatic nitrogens is 1. The van der Waals surface area contributed by atoms with Crippen LogP contribution in [0.15, 0.2) is 23.7 Å². The minimum Gasteiger partial charge on any atom is -0.350 e. The van der Waals surface area contributed by atoms with Crippen LogP contribution in [0.2, 0.25) is 0 Å². The van der Waals surface area contributed by atoms with Gasteiger partial charge in [-0.25, -0.2) is 4.98 Å². The fourth-order valence-corrected chi connectivity index (χ4v) is 5.11. The number of carbonyl (C=O) groups excluding carboxylic acids is 2. The first-order valence-corrected chi connectivity index (χ1v) is 11.8. The van der Waals surface area contributed by atoms with Crippen LogP contribution in [0.4, 0.5) is 0 Å². The minimum atomic E-state index is -0.398. The summed E-state index contributed by atoms with van der Waals surface area (Å²) in [6.07, 6.45) is 1.56. The van der Waals surface area contributed by atoms with E-state index in [4.69, 9.17) is 0 Å². The Bertz CT molecular complexity index is 947. The van der Waals surface area contributed by atoms with Gasteiger partial charge in [-0.15, -0.1) is 11.3 Å². The van der Waals surface area contributed by atoms with E-state index in [0.717, 1.165) is 28.8 Å². The molecule has 0 saturated carbocycles. The molecule has 2 atom stereocenters. The standard InChI is InChI=1S/C24H34N4O2S/c1-15-12-17(20-16(2)27-14-31-20)9-10-18(15)13-26-22(29)19-8-7-11-28(19)23(30)21(25-6)24(3,4)5/h9-10,12,14,19,21,25H,7-8,11,13H2,1-6H3,(H,26,29). The number of aryl methyl sites for hydroxylation is 2. The third-order valence-corrected chi connectivity index (χ3v) is 7.02. The minimum absolute atomic E-state index is 0.00751. The van der Waals surface area contributed by atoms with Crippen molar-refractivity contribution >= 4 is 23.2 Å². The van der Waals surface area contributed by atoms with Gasteiger partial charge in [0.2, 0.25) is 11.8 Å². The normalized spacial score (nSPS) is 17.6. The van der Waals surface area contributed by atoms with E-state index in [9.17, 15) is 9.59 Å². The second kappa shape index (κ2) is 9.49. The third kappa shape index (κ3) is 5.15. The number of rotatable bonds is 6. The van der Waals surface area contributed by atoms with Gasteiger partial charge in [0.05, 0.1) is 22.1 Å². The Morgan fingerprint density at radius 3 is 2.61 bits per heavy atom. The number of thiazole rings is 1. The number of likely N-dealkylation sites (N-methyl/N-ethyl adjacent to an activating group) is 1. The zero-order valence-electron chi connectivity index (χ0n) is 19.4. The largest absolute Gasteiger partial charge is 0.350 e. The quantitative estimate of drug-likeness (QED) is 0.716.